The number of carbonyl (C=O) groups is 1. The van der Waals surface area contributed by atoms with E-state index < -0.39 is 5.97 Å². The number of ether oxygens (including phenoxy) is 1. The molecule has 170 valence electrons. The lowest BCUT2D eigenvalue weighted by atomic mass is 9.95. The Bertz CT molecular complexity index is 1270. The normalized spacial score (nSPS) is 11.3. The summed E-state index contributed by atoms with van der Waals surface area (Å²) in [5.41, 5.74) is 6.01. The van der Waals surface area contributed by atoms with E-state index in [2.05, 4.69) is 101 Å². The second-order valence-electron chi connectivity index (χ2n) is 7.51. The van der Waals surface area contributed by atoms with Crippen LogP contribution in [0.15, 0.2) is 114 Å². The first-order chi connectivity index (χ1) is 16.6. The molecule has 0 aromatic heterocycles. The molecule has 1 N–H and O–H groups in total. The molecule has 5 heteroatoms. The summed E-state index contributed by atoms with van der Waals surface area (Å²) in [6.45, 7) is -0.336. The van der Waals surface area contributed by atoms with Crippen LogP contribution in [-0.2, 0) is 4.79 Å². The van der Waals surface area contributed by atoms with Crippen molar-refractivity contribution in [2.24, 2.45) is 0 Å². The molecule has 3 nitrogen and oxygen atoms in total. The molecule has 4 aromatic carbocycles. The largest absolute Gasteiger partial charge is 0.482 e. The average Bonchev–Trinajstić information content (AvgIpc) is 2.87. The highest BCUT2D eigenvalue weighted by Gasteiger charge is 2.09. The number of hydrogen-bond acceptors (Lipinski definition) is 3. The molecule has 0 saturated heterocycles. The zero-order valence-electron chi connectivity index (χ0n) is 18.4. The molecular formula is C29H23IO3S. The Hall–Kier alpha value is -3.03. The number of halogens is 1. The van der Waals surface area contributed by atoms with Crippen LogP contribution < -0.4 is 4.74 Å². The third-order valence-corrected chi connectivity index (χ3v) is 7.07. The number of carboxylic acid groups (broad SMARTS) is 1. The number of carboxylic acids is 1. The van der Waals surface area contributed by atoms with Crippen molar-refractivity contribution in [2.75, 3.05) is 12.4 Å². The van der Waals surface area contributed by atoms with E-state index in [0.29, 0.717) is 5.75 Å². The van der Waals surface area contributed by atoms with Crippen LogP contribution in [0.4, 0.5) is 0 Å². The summed E-state index contributed by atoms with van der Waals surface area (Å²) >= 11 is 4.12. The number of rotatable bonds is 9. The molecule has 0 radical (unpaired) electrons. The predicted octanol–water partition coefficient (Wildman–Crippen LogP) is 7.65. The molecule has 0 aliphatic rings. The van der Waals surface area contributed by atoms with Crippen molar-refractivity contribution < 1.29 is 14.6 Å². The molecular weight excluding hydrogens is 555 g/mol. The van der Waals surface area contributed by atoms with Crippen molar-refractivity contribution in [1.29, 1.82) is 0 Å². The van der Waals surface area contributed by atoms with Crippen molar-refractivity contribution in [3.63, 3.8) is 0 Å². The van der Waals surface area contributed by atoms with Crippen LogP contribution in [0.25, 0.3) is 16.7 Å². The van der Waals surface area contributed by atoms with Crippen molar-refractivity contribution in [3.8, 4) is 16.9 Å². The van der Waals surface area contributed by atoms with Gasteiger partial charge in [-0.3, -0.25) is 0 Å². The summed E-state index contributed by atoms with van der Waals surface area (Å²) in [6.07, 6.45) is 2.27. The van der Waals surface area contributed by atoms with Crippen molar-refractivity contribution in [1.82, 2.24) is 0 Å². The van der Waals surface area contributed by atoms with Crippen LogP contribution in [-0.4, -0.2) is 23.4 Å². The first-order valence-corrected chi connectivity index (χ1v) is 12.8. The van der Waals surface area contributed by atoms with E-state index in [1.54, 1.807) is 23.9 Å². The molecule has 0 atom stereocenters. The van der Waals surface area contributed by atoms with Gasteiger partial charge in [0.1, 0.15) is 5.75 Å². The summed E-state index contributed by atoms with van der Waals surface area (Å²) in [6, 6.07) is 35.1. The highest BCUT2D eigenvalue weighted by molar-refractivity contribution is 14.1. The van der Waals surface area contributed by atoms with Gasteiger partial charge >= 0.3 is 5.97 Å². The number of thioether (sulfide) groups is 1. The Balaban J connectivity index is 1.54. The Morgan fingerprint density at radius 1 is 0.824 bits per heavy atom. The predicted molar refractivity (Wildman–Crippen MR) is 148 cm³/mol. The van der Waals surface area contributed by atoms with Gasteiger partial charge in [-0.05, 0) is 80.7 Å². The summed E-state index contributed by atoms with van der Waals surface area (Å²) < 4.78 is 6.43. The Labute approximate surface area is 217 Å². The fourth-order valence-electron chi connectivity index (χ4n) is 3.53. The van der Waals surface area contributed by atoms with Crippen molar-refractivity contribution in [2.45, 2.75) is 4.90 Å². The maximum atomic E-state index is 10.7. The van der Waals surface area contributed by atoms with Crippen molar-refractivity contribution >= 4 is 45.9 Å². The highest BCUT2D eigenvalue weighted by Crippen LogP contribution is 2.31. The Morgan fingerprint density at radius 3 is 2.15 bits per heavy atom. The van der Waals surface area contributed by atoms with Gasteiger partial charge in [0.15, 0.2) is 6.61 Å². The molecule has 4 rings (SSSR count). The van der Waals surface area contributed by atoms with E-state index in [9.17, 15) is 4.79 Å². The van der Waals surface area contributed by atoms with Crippen LogP contribution in [0, 0.1) is 3.57 Å². The van der Waals surface area contributed by atoms with E-state index in [4.69, 9.17) is 9.84 Å². The number of hydrogen-bond donors (Lipinski definition) is 1. The highest BCUT2D eigenvalue weighted by atomic mass is 127. The van der Waals surface area contributed by atoms with Gasteiger partial charge in [-0.2, -0.15) is 0 Å². The van der Waals surface area contributed by atoms with E-state index in [1.165, 1.54) is 31.4 Å². The Morgan fingerprint density at radius 2 is 1.47 bits per heavy atom. The second-order valence-corrected chi connectivity index (χ2v) is 9.76. The quantitative estimate of drug-likeness (QED) is 0.164. The zero-order valence-corrected chi connectivity index (χ0v) is 21.3. The molecule has 34 heavy (non-hydrogen) atoms. The second kappa shape index (κ2) is 11.9. The van der Waals surface area contributed by atoms with Crippen LogP contribution in [0.2, 0.25) is 0 Å². The zero-order chi connectivity index (χ0) is 23.8. The molecule has 0 saturated carbocycles. The molecule has 0 bridgehead atoms. The lowest BCUT2D eigenvalue weighted by Crippen LogP contribution is -2.09. The third-order valence-electron chi connectivity index (χ3n) is 5.19. The maximum absolute atomic E-state index is 10.7. The van der Waals surface area contributed by atoms with E-state index in [0.717, 1.165) is 10.6 Å². The summed E-state index contributed by atoms with van der Waals surface area (Å²) in [5.74, 6) is 0.375. The fraction of sp³-hybridized carbons (Fsp3) is 0.0690. The lowest BCUT2D eigenvalue weighted by molar-refractivity contribution is -0.139. The third kappa shape index (κ3) is 6.52. The van der Waals surface area contributed by atoms with Gasteiger partial charge in [0, 0.05) is 14.2 Å². The SMILES string of the molecule is O=C(O)COc1ccc(SC/C=C(/c2ccc(-c3ccccc3)cc2)c2ccccc2I)cc1. The first-order valence-electron chi connectivity index (χ1n) is 10.8. The van der Waals surface area contributed by atoms with Crippen LogP contribution in [0.5, 0.6) is 5.75 Å². The molecule has 0 fully saturated rings. The summed E-state index contributed by atoms with van der Waals surface area (Å²) in [5, 5.41) is 8.74. The van der Waals surface area contributed by atoms with Crippen LogP contribution in [0.1, 0.15) is 11.1 Å². The molecule has 4 aromatic rings. The summed E-state index contributed by atoms with van der Waals surface area (Å²) in [7, 11) is 0. The summed E-state index contributed by atoms with van der Waals surface area (Å²) in [4.78, 5) is 11.8. The van der Waals surface area contributed by atoms with Gasteiger partial charge in [-0.15, -0.1) is 11.8 Å². The maximum Gasteiger partial charge on any atom is 0.341 e. The van der Waals surface area contributed by atoms with E-state index in [1.807, 2.05) is 18.2 Å². The molecule has 0 aliphatic heterocycles. The minimum absolute atomic E-state index is 0.336. The van der Waals surface area contributed by atoms with Gasteiger partial charge in [0.2, 0.25) is 0 Å². The fourth-order valence-corrected chi connectivity index (χ4v) is 4.98. The minimum Gasteiger partial charge on any atom is -0.482 e. The molecule has 0 aliphatic carbocycles. The van der Waals surface area contributed by atoms with Gasteiger partial charge < -0.3 is 9.84 Å². The van der Waals surface area contributed by atoms with Crippen LogP contribution in [0.3, 0.4) is 0 Å². The molecule has 0 unspecified atom stereocenters. The number of benzene rings is 4. The Kier molecular flexibility index (Phi) is 8.44. The van der Waals surface area contributed by atoms with E-state index in [-0.39, 0.29) is 6.61 Å². The molecule has 0 spiro atoms. The van der Waals surface area contributed by atoms with Gasteiger partial charge in [-0.1, -0.05) is 78.9 Å². The average molecular weight is 578 g/mol. The van der Waals surface area contributed by atoms with Crippen molar-refractivity contribution in [3.05, 3.63) is 124 Å². The standard InChI is InChI=1S/C29H23IO3S/c30-28-9-5-4-8-27(28)26(23-12-10-22(11-13-23)21-6-2-1-3-7-21)18-19-34-25-16-14-24(15-17-25)33-20-29(31)32/h1-18H,19-20H2,(H,31,32)/b26-18-. The lowest BCUT2D eigenvalue weighted by Gasteiger charge is -2.12. The smallest absolute Gasteiger partial charge is 0.341 e. The number of aliphatic carboxylic acids is 1. The van der Waals surface area contributed by atoms with E-state index >= 15 is 0 Å². The van der Waals surface area contributed by atoms with Gasteiger partial charge in [-0.25, -0.2) is 4.79 Å². The topological polar surface area (TPSA) is 46.5 Å². The first kappa shape index (κ1) is 24.1. The van der Waals surface area contributed by atoms with Crippen LogP contribution >= 0.6 is 34.4 Å². The molecule has 0 amide bonds. The van der Waals surface area contributed by atoms with Gasteiger partial charge in [0.25, 0.3) is 0 Å². The monoisotopic (exact) mass is 578 g/mol. The molecule has 0 heterocycles. The van der Waals surface area contributed by atoms with Gasteiger partial charge in [0.05, 0.1) is 0 Å². The minimum atomic E-state index is -0.983.